The monoisotopic (exact) mass is 422 g/mol. The van der Waals surface area contributed by atoms with Crippen molar-refractivity contribution >= 4 is 17.0 Å². The van der Waals surface area contributed by atoms with E-state index in [2.05, 4.69) is 61.6 Å². The summed E-state index contributed by atoms with van der Waals surface area (Å²) in [7, 11) is 2.00. The van der Waals surface area contributed by atoms with Gasteiger partial charge in [-0.3, -0.25) is 4.57 Å². The lowest BCUT2D eigenvalue weighted by atomic mass is 9.55. The van der Waals surface area contributed by atoms with Crippen LogP contribution in [0.15, 0.2) is 35.4 Å². The third kappa shape index (κ3) is 3.92. The van der Waals surface area contributed by atoms with Gasteiger partial charge in [-0.15, -0.1) is 0 Å². The first kappa shape index (κ1) is 22.0. The van der Waals surface area contributed by atoms with E-state index in [1.54, 1.807) is 5.57 Å². The molecule has 2 N–H and O–H groups in total. The summed E-state index contributed by atoms with van der Waals surface area (Å²) in [6.45, 7) is 13.1. The van der Waals surface area contributed by atoms with Crippen LogP contribution in [0.3, 0.4) is 0 Å². The van der Waals surface area contributed by atoms with Crippen molar-refractivity contribution in [3.05, 3.63) is 35.4 Å². The van der Waals surface area contributed by atoms with E-state index in [1.165, 1.54) is 50.4 Å². The molecule has 4 rings (SSSR count). The summed E-state index contributed by atoms with van der Waals surface area (Å²) in [6, 6.07) is 0. The van der Waals surface area contributed by atoms with Crippen LogP contribution in [0.4, 0.5) is 5.82 Å². The van der Waals surface area contributed by atoms with E-state index in [0.29, 0.717) is 16.6 Å². The average molecular weight is 423 g/mol. The third-order valence-electron chi connectivity index (χ3n) is 8.45. The minimum absolute atomic E-state index is 0.339. The van der Waals surface area contributed by atoms with E-state index in [4.69, 9.17) is 5.73 Å². The summed E-state index contributed by atoms with van der Waals surface area (Å²) < 4.78 is 4.17. The summed E-state index contributed by atoms with van der Waals surface area (Å²) >= 11 is 0. The van der Waals surface area contributed by atoms with Crippen LogP contribution in [0.1, 0.15) is 79.6 Å². The van der Waals surface area contributed by atoms with Gasteiger partial charge in [0.2, 0.25) is 5.52 Å². The lowest BCUT2D eigenvalue weighted by Crippen LogP contribution is -2.37. The van der Waals surface area contributed by atoms with Gasteiger partial charge in [0, 0.05) is 0 Å². The Morgan fingerprint density at radius 1 is 1.26 bits per heavy atom. The van der Waals surface area contributed by atoms with Crippen LogP contribution in [0.5, 0.6) is 0 Å². The molecule has 0 amide bonds. The van der Waals surface area contributed by atoms with Gasteiger partial charge in [-0.25, -0.2) is 4.57 Å². The van der Waals surface area contributed by atoms with Crippen molar-refractivity contribution in [2.45, 2.75) is 86.1 Å². The van der Waals surface area contributed by atoms with Crippen molar-refractivity contribution in [3.8, 4) is 0 Å². The van der Waals surface area contributed by atoms with Gasteiger partial charge in [-0.2, -0.15) is 4.98 Å². The second-order valence-corrected chi connectivity index (χ2v) is 10.9. The number of nitrogens with two attached hydrogens (primary N) is 1. The van der Waals surface area contributed by atoms with Gasteiger partial charge in [-0.1, -0.05) is 55.5 Å². The second-order valence-electron chi connectivity index (χ2n) is 10.9. The van der Waals surface area contributed by atoms with Crippen molar-refractivity contribution < 1.29 is 4.57 Å². The van der Waals surface area contributed by atoms with Crippen molar-refractivity contribution in [2.75, 3.05) is 5.73 Å². The molecule has 168 valence electrons. The molecule has 0 aliphatic heterocycles. The largest absolute Gasteiger partial charge is 0.380 e. The highest BCUT2D eigenvalue weighted by Gasteiger charge is 2.43. The highest BCUT2D eigenvalue weighted by atomic mass is 15.2. The Morgan fingerprint density at radius 3 is 2.81 bits per heavy atom. The molecule has 2 atom stereocenters. The number of aromatic nitrogens is 4. The highest BCUT2D eigenvalue weighted by molar-refractivity contribution is 5.79. The van der Waals surface area contributed by atoms with Crippen LogP contribution in [-0.4, -0.2) is 14.5 Å². The van der Waals surface area contributed by atoms with Crippen LogP contribution in [0.25, 0.3) is 11.2 Å². The first-order valence-electron chi connectivity index (χ1n) is 12.0. The van der Waals surface area contributed by atoms with Gasteiger partial charge < -0.3 is 5.73 Å². The van der Waals surface area contributed by atoms with Gasteiger partial charge in [-0.05, 0) is 68.6 Å². The highest BCUT2D eigenvalue weighted by Crippen LogP contribution is 2.56. The molecule has 0 aromatic carbocycles. The predicted molar refractivity (Wildman–Crippen MR) is 127 cm³/mol. The van der Waals surface area contributed by atoms with Crippen LogP contribution in [0, 0.1) is 16.7 Å². The maximum absolute atomic E-state index is 6.14. The van der Waals surface area contributed by atoms with Gasteiger partial charge in [0.1, 0.15) is 0 Å². The lowest BCUT2D eigenvalue weighted by Gasteiger charge is -2.50. The zero-order valence-electron chi connectivity index (χ0n) is 20.3. The standard InChI is InChI=1S/C26H40N5/c1-18(12-15-31-17-30(6)24-22(31)23(27)28-16-29-24)11-14-26(5)19(2)9-10-20-21(26)8-7-13-25(20,3)4/h12,16-17,19H,7-11,13-15H2,1-6H3,(H2,27,28,29)/q+1/b18-12+/t19-,26+/m1/s1. The number of hydrogen-bond acceptors (Lipinski definition) is 3. The first-order valence-corrected chi connectivity index (χ1v) is 12.0. The Morgan fingerprint density at radius 2 is 2.03 bits per heavy atom. The number of aryl methyl sites for hydroxylation is 1. The number of nitrogen functional groups attached to an aromatic ring is 1. The molecule has 31 heavy (non-hydrogen) atoms. The smallest absolute Gasteiger partial charge is 0.307 e. The van der Waals surface area contributed by atoms with Crippen LogP contribution < -0.4 is 10.3 Å². The molecule has 2 aromatic rings. The van der Waals surface area contributed by atoms with Gasteiger partial charge in [0.25, 0.3) is 0 Å². The van der Waals surface area contributed by atoms with E-state index >= 15 is 0 Å². The van der Waals surface area contributed by atoms with E-state index in [-0.39, 0.29) is 0 Å². The average Bonchev–Trinajstić information content (AvgIpc) is 3.05. The molecular weight excluding hydrogens is 382 g/mol. The zero-order valence-corrected chi connectivity index (χ0v) is 20.3. The molecule has 2 aliphatic carbocycles. The molecule has 0 radical (unpaired) electrons. The number of rotatable bonds is 5. The number of fused-ring (bicyclic) bond motifs is 1. The minimum Gasteiger partial charge on any atom is -0.380 e. The van der Waals surface area contributed by atoms with Crippen molar-refractivity contribution in [1.82, 2.24) is 14.5 Å². The fraction of sp³-hybridized carbons (Fsp3) is 0.654. The van der Waals surface area contributed by atoms with E-state index in [9.17, 15) is 0 Å². The van der Waals surface area contributed by atoms with E-state index in [0.717, 1.165) is 30.0 Å². The fourth-order valence-corrected chi connectivity index (χ4v) is 6.10. The summed E-state index contributed by atoms with van der Waals surface area (Å²) in [4.78, 5) is 8.56. The Labute approximate surface area is 187 Å². The number of nitrogens with zero attached hydrogens (tertiary/aromatic N) is 4. The molecule has 0 fully saturated rings. The third-order valence-corrected chi connectivity index (χ3v) is 8.45. The van der Waals surface area contributed by atoms with Gasteiger partial charge in [0.05, 0.1) is 13.6 Å². The molecule has 0 bridgehead atoms. The quantitative estimate of drug-likeness (QED) is 0.511. The van der Waals surface area contributed by atoms with Crippen LogP contribution in [0.2, 0.25) is 0 Å². The molecule has 0 saturated carbocycles. The maximum Gasteiger partial charge on any atom is 0.307 e. The molecule has 5 nitrogen and oxygen atoms in total. The fourth-order valence-electron chi connectivity index (χ4n) is 6.10. The number of hydrogen-bond donors (Lipinski definition) is 1. The minimum atomic E-state index is 0.339. The van der Waals surface area contributed by atoms with E-state index in [1.807, 2.05) is 17.2 Å². The molecule has 0 unspecified atom stereocenters. The molecule has 2 heterocycles. The SMILES string of the molecule is C/C(=C\Cn1c[n+](C)c2ncnc(N)c21)CC[C@]1(C)C2=C(CC[C@H]1C)C(C)(C)CCC2. The Bertz CT molecular complexity index is 1040. The summed E-state index contributed by atoms with van der Waals surface area (Å²) in [5.74, 6) is 1.30. The Balaban J connectivity index is 1.52. The van der Waals surface area contributed by atoms with E-state index < -0.39 is 0 Å². The lowest BCUT2D eigenvalue weighted by molar-refractivity contribution is -0.647. The summed E-state index contributed by atoms with van der Waals surface area (Å²) in [6.07, 6.45) is 15.0. The Hall–Kier alpha value is -2.17. The number of allylic oxidation sites excluding steroid dienone is 4. The second kappa shape index (κ2) is 8.07. The first-order chi connectivity index (χ1) is 14.6. The molecule has 2 aliphatic rings. The molecule has 0 saturated heterocycles. The normalized spacial score (nSPS) is 26.4. The predicted octanol–water partition coefficient (Wildman–Crippen LogP) is 5.51. The number of imidazole rings is 1. The van der Waals surface area contributed by atoms with Gasteiger partial charge >= 0.3 is 5.65 Å². The van der Waals surface area contributed by atoms with Crippen molar-refractivity contribution in [1.29, 1.82) is 0 Å². The van der Waals surface area contributed by atoms with Crippen LogP contribution >= 0.6 is 0 Å². The number of anilines is 1. The molecule has 0 spiro atoms. The summed E-state index contributed by atoms with van der Waals surface area (Å²) in [5, 5.41) is 0. The molecular formula is C26H40N5+. The summed E-state index contributed by atoms with van der Waals surface area (Å²) in [5.41, 5.74) is 13.7. The maximum atomic E-state index is 6.14. The topological polar surface area (TPSA) is 60.6 Å². The van der Waals surface area contributed by atoms with Crippen molar-refractivity contribution in [3.63, 3.8) is 0 Å². The van der Waals surface area contributed by atoms with Crippen molar-refractivity contribution in [2.24, 2.45) is 23.8 Å². The Kier molecular flexibility index (Phi) is 5.74. The molecule has 2 aromatic heterocycles. The molecule has 5 heteroatoms. The van der Waals surface area contributed by atoms with Gasteiger partial charge in [0.15, 0.2) is 18.5 Å². The zero-order chi connectivity index (χ0) is 22.4. The van der Waals surface area contributed by atoms with Crippen LogP contribution in [-0.2, 0) is 13.6 Å².